The Balaban J connectivity index is 1.61. The zero-order valence-electron chi connectivity index (χ0n) is 16.0. The molecule has 0 aliphatic carbocycles. The van der Waals surface area contributed by atoms with E-state index in [9.17, 15) is 9.59 Å². The molecule has 2 aromatic carbocycles. The average Bonchev–Trinajstić information content (AvgIpc) is 2.68. The topological polar surface area (TPSA) is 71.2 Å². The number of carbonyl (C=O) groups excluding carboxylic acids is 1. The number of hydrogen-bond donors (Lipinski definition) is 2. The molecule has 0 bridgehead atoms. The van der Waals surface area contributed by atoms with Crippen molar-refractivity contribution in [3.05, 3.63) is 74.5 Å². The molecule has 0 unspecified atom stereocenters. The number of pyridine rings is 1. The highest BCUT2D eigenvalue weighted by atomic mass is 35.5. The number of halogens is 1. The molecule has 2 N–H and O–H groups in total. The molecular formula is C22H23ClN2O3. The first kappa shape index (κ1) is 20.0. The first-order chi connectivity index (χ1) is 13.5. The molecule has 146 valence electrons. The number of aromatic amines is 1. The molecule has 1 heterocycles. The summed E-state index contributed by atoms with van der Waals surface area (Å²) in [6.45, 7) is 2.39. The van der Waals surface area contributed by atoms with Crippen molar-refractivity contribution in [1.82, 2.24) is 10.3 Å². The lowest BCUT2D eigenvalue weighted by Crippen LogP contribution is -2.27. The van der Waals surface area contributed by atoms with Crippen LogP contribution in [0.25, 0.3) is 10.9 Å². The van der Waals surface area contributed by atoms with Crippen molar-refractivity contribution in [3.8, 4) is 5.75 Å². The second-order valence-corrected chi connectivity index (χ2v) is 7.10. The van der Waals surface area contributed by atoms with Gasteiger partial charge >= 0.3 is 0 Å². The number of benzene rings is 2. The molecule has 3 rings (SSSR count). The van der Waals surface area contributed by atoms with Crippen LogP contribution in [0.4, 0.5) is 0 Å². The van der Waals surface area contributed by atoms with Crippen molar-refractivity contribution in [2.24, 2.45) is 0 Å². The van der Waals surface area contributed by atoms with Crippen LogP contribution in [-0.2, 0) is 17.6 Å². The van der Waals surface area contributed by atoms with Crippen molar-refractivity contribution in [3.63, 3.8) is 0 Å². The van der Waals surface area contributed by atoms with Crippen LogP contribution < -0.4 is 15.6 Å². The fraction of sp³-hybridized carbons (Fsp3) is 0.273. The van der Waals surface area contributed by atoms with E-state index in [4.69, 9.17) is 16.3 Å². The summed E-state index contributed by atoms with van der Waals surface area (Å²) < 4.78 is 5.33. The van der Waals surface area contributed by atoms with E-state index in [1.54, 1.807) is 7.11 Å². The molecule has 0 aliphatic heterocycles. The van der Waals surface area contributed by atoms with Crippen LogP contribution >= 0.6 is 11.6 Å². The number of aryl methyl sites for hydroxylation is 2. The van der Waals surface area contributed by atoms with Crippen LogP contribution in [0.2, 0.25) is 5.02 Å². The van der Waals surface area contributed by atoms with Gasteiger partial charge in [0.05, 0.1) is 12.6 Å². The Hall–Kier alpha value is -2.79. The fourth-order valence-electron chi connectivity index (χ4n) is 3.18. The van der Waals surface area contributed by atoms with E-state index in [-0.39, 0.29) is 11.5 Å². The number of amides is 1. The van der Waals surface area contributed by atoms with Gasteiger partial charge in [-0.15, -0.1) is 0 Å². The van der Waals surface area contributed by atoms with Gasteiger partial charge < -0.3 is 15.0 Å². The molecule has 6 heteroatoms. The van der Waals surface area contributed by atoms with E-state index < -0.39 is 0 Å². The third-order valence-corrected chi connectivity index (χ3v) is 5.16. The Morgan fingerprint density at radius 3 is 2.68 bits per heavy atom. The first-order valence-corrected chi connectivity index (χ1v) is 9.57. The van der Waals surface area contributed by atoms with Crippen molar-refractivity contribution in [2.75, 3.05) is 13.7 Å². The third kappa shape index (κ3) is 4.54. The van der Waals surface area contributed by atoms with Crippen LogP contribution in [0, 0.1) is 6.92 Å². The number of hydrogen-bond acceptors (Lipinski definition) is 3. The predicted octanol–water partition coefficient (Wildman–Crippen LogP) is 3.79. The SMILES string of the molecule is COc1ccc(C)c2cc(CCNC(=O)CCc3ccccc3Cl)c(=O)[nH]c12. The van der Waals surface area contributed by atoms with Crippen LogP contribution in [0.15, 0.2) is 47.3 Å². The molecule has 0 aliphatic rings. The molecule has 0 saturated carbocycles. The highest BCUT2D eigenvalue weighted by Gasteiger charge is 2.10. The largest absolute Gasteiger partial charge is 0.495 e. The van der Waals surface area contributed by atoms with Crippen LogP contribution in [0.1, 0.15) is 23.1 Å². The fourth-order valence-corrected chi connectivity index (χ4v) is 3.41. The first-order valence-electron chi connectivity index (χ1n) is 9.19. The number of aromatic nitrogens is 1. The van der Waals surface area contributed by atoms with Crippen LogP contribution in [0.5, 0.6) is 5.75 Å². The molecule has 0 atom stereocenters. The van der Waals surface area contributed by atoms with Gasteiger partial charge in [-0.3, -0.25) is 9.59 Å². The summed E-state index contributed by atoms with van der Waals surface area (Å²) >= 11 is 6.11. The minimum atomic E-state index is -0.165. The monoisotopic (exact) mass is 398 g/mol. The summed E-state index contributed by atoms with van der Waals surface area (Å²) in [5.74, 6) is 0.576. The van der Waals surface area contributed by atoms with Crippen molar-refractivity contribution < 1.29 is 9.53 Å². The van der Waals surface area contributed by atoms with Gasteiger partial charge in [-0.1, -0.05) is 35.9 Å². The summed E-state index contributed by atoms with van der Waals surface area (Å²) in [4.78, 5) is 27.4. The highest BCUT2D eigenvalue weighted by molar-refractivity contribution is 6.31. The van der Waals surface area contributed by atoms with Gasteiger partial charge in [0.15, 0.2) is 0 Å². The van der Waals surface area contributed by atoms with E-state index in [1.807, 2.05) is 49.4 Å². The van der Waals surface area contributed by atoms with Crippen LogP contribution in [-0.4, -0.2) is 24.5 Å². The highest BCUT2D eigenvalue weighted by Crippen LogP contribution is 2.25. The molecule has 0 saturated heterocycles. The normalized spacial score (nSPS) is 10.8. The van der Waals surface area contributed by atoms with Gasteiger partial charge in [0.25, 0.3) is 5.56 Å². The van der Waals surface area contributed by atoms with Gasteiger partial charge in [-0.05, 0) is 49.1 Å². The Bertz CT molecular complexity index is 1060. The van der Waals surface area contributed by atoms with Crippen molar-refractivity contribution in [2.45, 2.75) is 26.2 Å². The standard InChI is InChI=1S/C22H23ClN2O3/c1-14-7-9-19(28-2)21-17(14)13-16(22(27)25-21)11-12-24-20(26)10-8-15-5-3-4-6-18(15)23/h3-7,9,13H,8,10-12H2,1-2H3,(H,24,26)(H,25,27). The predicted molar refractivity (Wildman–Crippen MR) is 112 cm³/mol. The lowest BCUT2D eigenvalue weighted by molar-refractivity contribution is -0.121. The van der Waals surface area contributed by atoms with Gasteiger partial charge in [0.1, 0.15) is 5.75 Å². The van der Waals surface area contributed by atoms with Gasteiger partial charge in [-0.2, -0.15) is 0 Å². The number of nitrogens with one attached hydrogen (secondary N) is 2. The number of ether oxygens (including phenoxy) is 1. The minimum Gasteiger partial charge on any atom is -0.495 e. The molecular weight excluding hydrogens is 376 g/mol. The molecule has 0 fully saturated rings. The van der Waals surface area contributed by atoms with Crippen LogP contribution in [0.3, 0.4) is 0 Å². The second kappa shape index (κ2) is 8.93. The zero-order valence-corrected chi connectivity index (χ0v) is 16.7. The summed E-state index contributed by atoms with van der Waals surface area (Å²) in [5.41, 5.74) is 3.17. The Labute approximate surface area is 168 Å². The third-order valence-electron chi connectivity index (χ3n) is 4.79. The van der Waals surface area contributed by atoms with E-state index >= 15 is 0 Å². The van der Waals surface area contributed by atoms with E-state index in [0.717, 1.165) is 16.5 Å². The summed E-state index contributed by atoms with van der Waals surface area (Å²) in [5, 5.41) is 4.49. The molecule has 0 radical (unpaired) electrons. The number of methoxy groups -OCH3 is 1. The quantitative estimate of drug-likeness (QED) is 0.636. The van der Waals surface area contributed by atoms with Crippen molar-refractivity contribution in [1.29, 1.82) is 0 Å². The van der Waals surface area contributed by atoms with Gasteiger partial charge in [0, 0.05) is 28.9 Å². The lowest BCUT2D eigenvalue weighted by atomic mass is 10.1. The minimum absolute atomic E-state index is 0.0602. The Kier molecular flexibility index (Phi) is 6.37. The lowest BCUT2D eigenvalue weighted by Gasteiger charge is -2.10. The van der Waals surface area contributed by atoms with Crippen molar-refractivity contribution >= 4 is 28.4 Å². The molecule has 1 amide bonds. The maximum atomic E-state index is 12.4. The van der Waals surface area contributed by atoms with E-state index in [2.05, 4.69) is 10.3 Å². The van der Waals surface area contributed by atoms with E-state index in [0.29, 0.717) is 47.7 Å². The number of rotatable bonds is 7. The van der Waals surface area contributed by atoms with Gasteiger partial charge in [0.2, 0.25) is 5.91 Å². The number of H-pyrrole nitrogens is 1. The average molecular weight is 399 g/mol. The van der Waals surface area contributed by atoms with Gasteiger partial charge in [-0.25, -0.2) is 0 Å². The molecule has 1 aromatic heterocycles. The Morgan fingerprint density at radius 2 is 1.93 bits per heavy atom. The summed E-state index contributed by atoms with van der Waals surface area (Å²) in [7, 11) is 1.58. The molecule has 28 heavy (non-hydrogen) atoms. The maximum Gasteiger partial charge on any atom is 0.251 e. The second-order valence-electron chi connectivity index (χ2n) is 6.69. The number of carbonyl (C=O) groups is 1. The zero-order chi connectivity index (χ0) is 20.1. The number of fused-ring (bicyclic) bond motifs is 1. The van der Waals surface area contributed by atoms with E-state index in [1.165, 1.54) is 0 Å². The smallest absolute Gasteiger partial charge is 0.251 e. The maximum absolute atomic E-state index is 12.4. The Morgan fingerprint density at radius 1 is 1.14 bits per heavy atom. The molecule has 0 spiro atoms. The summed E-state index contributed by atoms with van der Waals surface area (Å²) in [6, 6.07) is 13.2. The molecule has 3 aromatic rings. The summed E-state index contributed by atoms with van der Waals surface area (Å²) in [6.07, 6.45) is 1.40. The molecule has 5 nitrogen and oxygen atoms in total.